The lowest BCUT2D eigenvalue weighted by Gasteiger charge is -2.23. The number of benzene rings is 1. The fourth-order valence-corrected chi connectivity index (χ4v) is 2.53. The third-order valence-corrected chi connectivity index (χ3v) is 3.65. The molecule has 1 aromatic carbocycles. The highest BCUT2D eigenvalue weighted by atomic mass is 35.5. The van der Waals surface area contributed by atoms with Gasteiger partial charge in [0.05, 0.1) is 5.02 Å². The largest absolute Gasteiger partial charge is 0.316 e. The van der Waals surface area contributed by atoms with Crippen LogP contribution in [0.15, 0.2) is 12.1 Å². The van der Waals surface area contributed by atoms with E-state index in [9.17, 15) is 4.39 Å². The normalized spacial score (nSPS) is 21.1. The Bertz CT molecular complexity index is 372. The molecule has 1 fully saturated rings. The van der Waals surface area contributed by atoms with Gasteiger partial charge in [-0.2, -0.15) is 0 Å². The minimum atomic E-state index is -0.261. The standard InChI is InChI=1S/C13H17ClFN/c1-9-11(4-5-12(14)13(9)15)7-10-3-2-6-16-8-10/h4-5,10,16H,2-3,6-8H2,1H3. The van der Waals surface area contributed by atoms with Crippen molar-refractivity contribution < 1.29 is 4.39 Å². The number of halogens is 2. The molecule has 0 amide bonds. The molecule has 1 aromatic rings. The van der Waals surface area contributed by atoms with Gasteiger partial charge in [0.1, 0.15) is 5.82 Å². The first-order valence-electron chi connectivity index (χ1n) is 5.82. The summed E-state index contributed by atoms with van der Waals surface area (Å²) in [6.45, 7) is 3.97. The second-order valence-electron chi connectivity index (χ2n) is 4.56. The highest BCUT2D eigenvalue weighted by Gasteiger charge is 2.16. The van der Waals surface area contributed by atoms with Gasteiger partial charge in [-0.1, -0.05) is 17.7 Å². The molecule has 1 nitrogen and oxygen atoms in total. The highest BCUT2D eigenvalue weighted by Crippen LogP contribution is 2.24. The minimum Gasteiger partial charge on any atom is -0.316 e. The number of hydrogen-bond acceptors (Lipinski definition) is 1. The van der Waals surface area contributed by atoms with E-state index in [1.807, 2.05) is 13.0 Å². The van der Waals surface area contributed by atoms with Gasteiger partial charge in [-0.05, 0) is 62.4 Å². The average Bonchev–Trinajstić information content (AvgIpc) is 2.31. The minimum absolute atomic E-state index is 0.225. The van der Waals surface area contributed by atoms with Crippen LogP contribution in [0.1, 0.15) is 24.0 Å². The van der Waals surface area contributed by atoms with Crippen molar-refractivity contribution in [1.29, 1.82) is 0 Å². The van der Waals surface area contributed by atoms with Crippen LogP contribution in [-0.4, -0.2) is 13.1 Å². The summed E-state index contributed by atoms with van der Waals surface area (Å²) in [6.07, 6.45) is 3.41. The summed E-state index contributed by atoms with van der Waals surface area (Å²) in [5.74, 6) is 0.371. The van der Waals surface area contributed by atoms with Crippen molar-refractivity contribution in [2.24, 2.45) is 5.92 Å². The highest BCUT2D eigenvalue weighted by molar-refractivity contribution is 6.30. The Balaban J connectivity index is 2.11. The first-order chi connectivity index (χ1) is 7.68. The molecule has 1 heterocycles. The zero-order valence-corrected chi connectivity index (χ0v) is 10.3. The fraction of sp³-hybridized carbons (Fsp3) is 0.538. The van der Waals surface area contributed by atoms with Crippen LogP contribution >= 0.6 is 11.6 Å². The summed E-state index contributed by atoms with van der Waals surface area (Å²) >= 11 is 5.74. The van der Waals surface area contributed by atoms with Crippen LogP contribution in [-0.2, 0) is 6.42 Å². The Morgan fingerprint density at radius 1 is 1.50 bits per heavy atom. The molecule has 1 N–H and O–H groups in total. The molecular formula is C13H17ClFN. The lowest BCUT2D eigenvalue weighted by molar-refractivity contribution is 0.375. The molecule has 0 bridgehead atoms. The van der Waals surface area contributed by atoms with Crippen LogP contribution in [0.4, 0.5) is 4.39 Å². The molecule has 0 radical (unpaired) electrons. The molecule has 0 spiro atoms. The van der Waals surface area contributed by atoms with E-state index in [2.05, 4.69) is 5.32 Å². The van der Waals surface area contributed by atoms with Crippen LogP contribution in [0, 0.1) is 18.7 Å². The van der Waals surface area contributed by atoms with Crippen molar-refractivity contribution in [3.63, 3.8) is 0 Å². The summed E-state index contributed by atoms with van der Waals surface area (Å²) < 4.78 is 13.6. The SMILES string of the molecule is Cc1c(CC2CCCNC2)ccc(Cl)c1F. The van der Waals surface area contributed by atoms with Gasteiger partial charge in [-0.15, -0.1) is 0 Å². The smallest absolute Gasteiger partial charge is 0.144 e. The molecule has 1 saturated heterocycles. The Labute approximate surface area is 101 Å². The molecule has 0 aromatic heterocycles. The number of rotatable bonds is 2. The molecular weight excluding hydrogens is 225 g/mol. The predicted molar refractivity (Wildman–Crippen MR) is 65.4 cm³/mol. The summed E-state index contributed by atoms with van der Waals surface area (Å²) in [5, 5.41) is 3.61. The first-order valence-corrected chi connectivity index (χ1v) is 6.20. The second kappa shape index (κ2) is 5.15. The van der Waals surface area contributed by atoms with E-state index in [0.29, 0.717) is 11.5 Å². The Kier molecular flexibility index (Phi) is 3.82. The fourth-order valence-electron chi connectivity index (χ4n) is 2.32. The maximum Gasteiger partial charge on any atom is 0.144 e. The lowest BCUT2D eigenvalue weighted by atomic mass is 9.90. The molecule has 1 atom stereocenters. The zero-order valence-electron chi connectivity index (χ0n) is 9.52. The summed E-state index contributed by atoms with van der Waals surface area (Å²) in [6, 6.07) is 3.62. The molecule has 1 aliphatic rings. The molecule has 3 heteroatoms. The quantitative estimate of drug-likeness (QED) is 0.838. The molecule has 0 aliphatic carbocycles. The molecule has 16 heavy (non-hydrogen) atoms. The van der Waals surface area contributed by atoms with Gasteiger partial charge in [-0.3, -0.25) is 0 Å². The van der Waals surface area contributed by atoms with Crippen molar-refractivity contribution in [1.82, 2.24) is 5.32 Å². The molecule has 0 saturated carbocycles. The van der Waals surface area contributed by atoms with Gasteiger partial charge >= 0.3 is 0 Å². The summed E-state index contributed by atoms with van der Waals surface area (Å²) in [5.41, 5.74) is 1.80. The molecule has 1 unspecified atom stereocenters. The van der Waals surface area contributed by atoms with Gasteiger partial charge < -0.3 is 5.32 Å². The predicted octanol–water partition coefficient (Wildman–Crippen LogP) is 3.33. The van der Waals surface area contributed by atoms with Crippen molar-refractivity contribution in [2.75, 3.05) is 13.1 Å². The van der Waals surface area contributed by atoms with Gasteiger partial charge in [0.2, 0.25) is 0 Å². The Morgan fingerprint density at radius 3 is 3.00 bits per heavy atom. The number of piperidine rings is 1. The van der Waals surface area contributed by atoms with Gasteiger partial charge in [0, 0.05) is 0 Å². The summed E-state index contributed by atoms with van der Waals surface area (Å²) in [4.78, 5) is 0. The van der Waals surface area contributed by atoms with Crippen molar-refractivity contribution >= 4 is 11.6 Å². The topological polar surface area (TPSA) is 12.0 Å². The van der Waals surface area contributed by atoms with Crippen LogP contribution < -0.4 is 5.32 Å². The molecule has 2 rings (SSSR count). The van der Waals surface area contributed by atoms with E-state index in [1.165, 1.54) is 12.8 Å². The monoisotopic (exact) mass is 241 g/mol. The van der Waals surface area contributed by atoms with E-state index in [0.717, 1.165) is 25.1 Å². The molecule has 88 valence electrons. The average molecular weight is 242 g/mol. The van der Waals surface area contributed by atoms with Gasteiger partial charge in [0.25, 0.3) is 0 Å². The Hall–Kier alpha value is -0.600. The lowest BCUT2D eigenvalue weighted by Crippen LogP contribution is -2.31. The van der Waals surface area contributed by atoms with Gasteiger partial charge in [0.15, 0.2) is 0 Å². The van der Waals surface area contributed by atoms with Crippen LogP contribution in [0.3, 0.4) is 0 Å². The third kappa shape index (κ3) is 2.55. The Morgan fingerprint density at radius 2 is 2.31 bits per heavy atom. The molecule has 1 aliphatic heterocycles. The van der Waals surface area contributed by atoms with Crippen molar-refractivity contribution in [2.45, 2.75) is 26.2 Å². The van der Waals surface area contributed by atoms with Crippen molar-refractivity contribution in [3.05, 3.63) is 34.1 Å². The maximum absolute atomic E-state index is 13.6. The van der Waals surface area contributed by atoms with Crippen LogP contribution in [0.5, 0.6) is 0 Å². The maximum atomic E-state index is 13.6. The number of hydrogen-bond donors (Lipinski definition) is 1. The van der Waals surface area contributed by atoms with Gasteiger partial charge in [-0.25, -0.2) is 4.39 Å². The van der Waals surface area contributed by atoms with E-state index >= 15 is 0 Å². The zero-order chi connectivity index (χ0) is 11.5. The third-order valence-electron chi connectivity index (χ3n) is 3.36. The first kappa shape index (κ1) is 11.9. The summed E-state index contributed by atoms with van der Waals surface area (Å²) in [7, 11) is 0. The van der Waals surface area contributed by atoms with Crippen LogP contribution in [0.25, 0.3) is 0 Å². The second-order valence-corrected chi connectivity index (χ2v) is 4.97. The van der Waals surface area contributed by atoms with E-state index in [-0.39, 0.29) is 10.8 Å². The van der Waals surface area contributed by atoms with E-state index < -0.39 is 0 Å². The van der Waals surface area contributed by atoms with Crippen LogP contribution in [0.2, 0.25) is 5.02 Å². The van der Waals surface area contributed by atoms with E-state index in [4.69, 9.17) is 11.6 Å². The number of nitrogens with one attached hydrogen (secondary N) is 1. The van der Waals surface area contributed by atoms with E-state index in [1.54, 1.807) is 6.07 Å². The van der Waals surface area contributed by atoms with Crippen molar-refractivity contribution in [3.8, 4) is 0 Å².